The lowest BCUT2D eigenvalue weighted by Gasteiger charge is -2.21. The number of rotatable bonds is 4. The maximum atomic E-state index is 12.7. The van der Waals surface area contributed by atoms with Gasteiger partial charge in [-0.2, -0.15) is 10.1 Å². The van der Waals surface area contributed by atoms with Crippen molar-refractivity contribution >= 4 is 11.7 Å². The van der Waals surface area contributed by atoms with Crippen LogP contribution in [0.25, 0.3) is 0 Å². The molecule has 1 aliphatic heterocycles. The van der Waals surface area contributed by atoms with Gasteiger partial charge in [-0.25, -0.2) is 4.79 Å². The number of aromatic nitrogens is 4. The molecular weight excluding hydrogens is 324 g/mol. The molecule has 134 valence electrons. The molecule has 0 bridgehead atoms. The Labute approximate surface area is 145 Å². The number of aryl methyl sites for hydroxylation is 1. The number of carbonyl (C=O) groups excluding carboxylic acids is 1. The summed E-state index contributed by atoms with van der Waals surface area (Å²) in [4.78, 5) is 18.4. The van der Waals surface area contributed by atoms with Crippen LogP contribution in [0.1, 0.15) is 50.0 Å². The molecule has 3 heterocycles. The van der Waals surface area contributed by atoms with Crippen molar-refractivity contribution < 1.29 is 14.4 Å². The fraction of sp³-hybridized carbons (Fsp3) is 0.625. The molecule has 0 aromatic carbocycles. The first kappa shape index (κ1) is 16.1. The van der Waals surface area contributed by atoms with Gasteiger partial charge in [-0.05, 0) is 32.6 Å². The Bertz CT molecular complexity index is 768. The summed E-state index contributed by atoms with van der Waals surface area (Å²) in [6, 6.07) is -0.388. The van der Waals surface area contributed by atoms with Gasteiger partial charge < -0.3 is 19.8 Å². The van der Waals surface area contributed by atoms with Crippen LogP contribution >= 0.6 is 0 Å². The largest absolute Gasteiger partial charge is 0.391 e. The van der Waals surface area contributed by atoms with Gasteiger partial charge in [0.15, 0.2) is 5.82 Å². The quantitative estimate of drug-likeness (QED) is 0.875. The zero-order chi connectivity index (χ0) is 17.6. The van der Waals surface area contributed by atoms with E-state index < -0.39 is 12.1 Å². The Balaban J connectivity index is 1.46. The standard InChI is InChI=1S/C16H22N6O3/c1-9(11-3-4-11)22-7-12(6-17-22)19-16(24)21-8-13(23)5-14(21)15-18-10(2)20-25-15/h6-7,9,11,13-14,23H,3-5,8H2,1-2H3,(H,19,24)/t9?,13-,14+/m0/s1. The first-order valence-corrected chi connectivity index (χ1v) is 8.61. The van der Waals surface area contributed by atoms with E-state index in [2.05, 4.69) is 27.5 Å². The summed E-state index contributed by atoms with van der Waals surface area (Å²) in [5, 5.41) is 20.9. The van der Waals surface area contributed by atoms with Crippen molar-refractivity contribution in [1.82, 2.24) is 24.8 Å². The second kappa shape index (κ2) is 6.14. The van der Waals surface area contributed by atoms with Crippen LogP contribution in [0.5, 0.6) is 0 Å². The normalized spacial score (nSPS) is 24.5. The second-order valence-electron chi connectivity index (χ2n) is 6.95. The Morgan fingerprint density at radius 3 is 2.96 bits per heavy atom. The van der Waals surface area contributed by atoms with Crippen LogP contribution in [-0.4, -0.2) is 48.6 Å². The molecule has 2 aromatic rings. The molecule has 1 saturated heterocycles. The average molecular weight is 346 g/mol. The van der Waals surface area contributed by atoms with Crippen LogP contribution in [0, 0.1) is 12.8 Å². The lowest BCUT2D eigenvalue weighted by molar-refractivity contribution is 0.174. The van der Waals surface area contributed by atoms with Gasteiger partial charge in [0.2, 0.25) is 5.89 Å². The molecule has 2 fully saturated rings. The van der Waals surface area contributed by atoms with E-state index >= 15 is 0 Å². The van der Waals surface area contributed by atoms with E-state index in [1.165, 1.54) is 17.7 Å². The highest BCUT2D eigenvalue weighted by Crippen LogP contribution is 2.39. The fourth-order valence-corrected chi connectivity index (χ4v) is 3.34. The molecule has 25 heavy (non-hydrogen) atoms. The van der Waals surface area contributed by atoms with Crippen LogP contribution in [0.3, 0.4) is 0 Å². The molecule has 1 saturated carbocycles. The summed E-state index contributed by atoms with van der Waals surface area (Å²) >= 11 is 0. The highest BCUT2D eigenvalue weighted by molar-refractivity contribution is 5.89. The minimum Gasteiger partial charge on any atom is -0.391 e. The molecule has 3 atom stereocenters. The lowest BCUT2D eigenvalue weighted by Crippen LogP contribution is -2.35. The van der Waals surface area contributed by atoms with Gasteiger partial charge in [-0.1, -0.05) is 5.16 Å². The number of nitrogens with one attached hydrogen (secondary N) is 1. The molecule has 1 unspecified atom stereocenters. The van der Waals surface area contributed by atoms with Crippen molar-refractivity contribution in [2.75, 3.05) is 11.9 Å². The van der Waals surface area contributed by atoms with Crippen LogP contribution < -0.4 is 5.32 Å². The van der Waals surface area contributed by atoms with E-state index in [-0.39, 0.29) is 12.6 Å². The molecule has 2 aromatic heterocycles. The van der Waals surface area contributed by atoms with Gasteiger partial charge in [0.1, 0.15) is 6.04 Å². The Hall–Kier alpha value is -2.42. The molecule has 2 N–H and O–H groups in total. The maximum Gasteiger partial charge on any atom is 0.322 e. The Morgan fingerprint density at radius 1 is 1.48 bits per heavy atom. The number of amides is 2. The Morgan fingerprint density at radius 2 is 2.28 bits per heavy atom. The average Bonchev–Trinajstić information content (AvgIpc) is 2.97. The van der Waals surface area contributed by atoms with Gasteiger partial charge in [-0.15, -0.1) is 0 Å². The van der Waals surface area contributed by atoms with Crippen molar-refractivity contribution in [1.29, 1.82) is 0 Å². The molecular formula is C16H22N6O3. The second-order valence-corrected chi connectivity index (χ2v) is 6.95. The zero-order valence-electron chi connectivity index (χ0n) is 14.3. The number of aliphatic hydroxyl groups excluding tert-OH is 1. The van der Waals surface area contributed by atoms with Gasteiger partial charge in [0.25, 0.3) is 0 Å². The highest BCUT2D eigenvalue weighted by Gasteiger charge is 2.39. The van der Waals surface area contributed by atoms with Crippen molar-refractivity contribution in [2.45, 2.75) is 51.3 Å². The van der Waals surface area contributed by atoms with Crippen molar-refractivity contribution in [3.8, 4) is 0 Å². The molecule has 2 aliphatic rings. The van der Waals surface area contributed by atoms with Gasteiger partial charge in [-0.3, -0.25) is 4.68 Å². The number of β-amino-alcohol motifs (C(OH)–C–C–N with tert-alkyl or cyclic N) is 1. The van der Waals surface area contributed by atoms with Crippen molar-refractivity contribution in [3.05, 3.63) is 24.1 Å². The first-order valence-electron chi connectivity index (χ1n) is 8.61. The van der Waals surface area contributed by atoms with E-state index in [0.717, 1.165) is 0 Å². The number of hydrogen-bond acceptors (Lipinski definition) is 6. The number of aliphatic hydroxyl groups is 1. The molecule has 0 radical (unpaired) electrons. The van der Waals surface area contributed by atoms with Crippen LogP contribution in [0.2, 0.25) is 0 Å². The van der Waals surface area contributed by atoms with E-state index in [0.29, 0.717) is 35.8 Å². The van der Waals surface area contributed by atoms with Crippen molar-refractivity contribution in [2.24, 2.45) is 5.92 Å². The minimum atomic E-state index is -0.611. The van der Waals surface area contributed by atoms with Crippen LogP contribution in [-0.2, 0) is 0 Å². The van der Waals surface area contributed by atoms with Gasteiger partial charge in [0, 0.05) is 19.2 Å². The summed E-state index contributed by atoms with van der Waals surface area (Å²) in [6.07, 6.45) is 5.74. The molecule has 2 amide bonds. The van der Waals surface area contributed by atoms with Crippen LogP contribution in [0.15, 0.2) is 16.9 Å². The SMILES string of the molecule is Cc1noc([C@H]2C[C@H](O)CN2C(=O)Nc2cnn(C(C)C3CC3)c2)n1. The maximum absolute atomic E-state index is 12.7. The summed E-state index contributed by atoms with van der Waals surface area (Å²) in [6.45, 7) is 4.09. The monoisotopic (exact) mass is 346 g/mol. The summed E-state index contributed by atoms with van der Waals surface area (Å²) in [7, 11) is 0. The lowest BCUT2D eigenvalue weighted by atomic mass is 10.2. The molecule has 0 spiro atoms. The van der Waals surface area contributed by atoms with Gasteiger partial charge >= 0.3 is 6.03 Å². The molecule has 4 rings (SSSR count). The summed E-state index contributed by atoms with van der Waals surface area (Å²) < 4.78 is 7.08. The van der Waals surface area contributed by atoms with E-state index in [9.17, 15) is 9.90 Å². The topological polar surface area (TPSA) is 109 Å². The third-order valence-electron chi connectivity index (χ3n) is 4.94. The third-order valence-corrected chi connectivity index (χ3v) is 4.94. The number of carbonyl (C=O) groups is 1. The Kier molecular flexibility index (Phi) is 3.95. The summed E-state index contributed by atoms with van der Waals surface area (Å²) in [5.41, 5.74) is 0.638. The predicted molar refractivity (Wildman–Crippen MR) is 87.8 cm³/mol. The third kappa shape index (κ3) is 3.23. The molecule has 9 heteroatoms. The highest BCUT2D eigenvalue weighted by atomic mass is 16.5. The number of nitrogens with zero attached hydrogens (tertiary/aromatic N) is 5. The number of anilines is 1. The summed E-state index contributed by atoms with van der Waals surface area (Å²) in [5.74, 6) is 1.54. The predicted octanol–water partition coefficient (Wildman–Crippen LogP) is 1.89. The van der Waals surface area contributed by atoms with E-state index in [1.807, 2.05) is 10.9 Å². The van der Waals surface area contributed by atoms with Crippen molar-refractivity contribution in [3.63, 3.8) is 0 Å². The minimum absolute atomic E-state index is 0.227. The van der Waals surface area contributed by atoms with Gasteiger partial charge in [0.05, 0.1) is 24.0 Å². The van der Waals surface area contributed by atoms with Crippen LogP contribution in [0.4, 0.5) is 10.5 Å². The number of urea groups is 1. The van der Waals surface area contributed by atoms with E-state index in [1.54, 1.807) is 13.1 Å². The van der Waals surface area contributed by atoms with E-state index in [4.69, 9.17) is 4.52 Å². The first-order chi connectivity index (χ1) is 12.0. The zero-order valence-corrected chi connectivity index (χ0v) is 14.3. The number of hydrogen-bond donors (Lipinski definition) is 2. The molecule has 9 nitrogen and oxygen atoms in total. The molecule has 1 aliphatic carbocycles. The number of likely N-dealkylation sites (tertiary alicyclic amines) is 1. The smallest absolute Gasteiger partial charge is 0.322 e. The fourth-order valence-electron chi connectivity index (χ4n) is 3.34.